The molecular formula is C2H3N2Se. The van der Waals surface area contributed by atoms with E-state index < -0.39 is 0 Å². The summed E-state index contributed by atoms with van der Waals surface area (Å²) in [5, 5.41) is 7.51. The molecule has 1 N–H and O–H groups in total. The molecule has 0 aromatic carbocycles. The molecule has 0 aliphatic carbocycles. The van der Waals surface area contributed by atoms with Gasteiger partial charge in [0, 0.05) is 0 Å². The van der Waals surface area contributed by atoms with Gasteiger partial charge in [0.05, 0.1) is 0 Å². The number of hydrazone groups is 1. The Kier molecular flexibility index (Phi) is 0.819. The van der Waals surface area contributed by atoms with E-state index in [2.05, 4.69) is 10.5 Å². The van der Waals surface area contributed by atoms with Crippen molar-refractivity contribution in [3.05, 3.63) is 0 Å². The number of nitrogens with zero attached hydrogens (tertiary/aromatic N) is 1. The minimum atomic E-state index is 0.542. The summed E-state index contributed by atoms with van der Waals surface area (Å²) in [7, 11) is 0. The van der Waals surface area contributed by atoms with Crippen molar-refractivity contribution in [1.29, 1.82) is 0 Å². The zero-order valence-electron chi connectivity index (χ0n) is 2.51. The SMILES string of the molecule is C1=NNC=[Se]1. The Labute approximate surface area is 36.0 Å². The van der Waals surface area contributed by atoms with E-state index in [1.54, 1.807) is 0 Å². The monoisotopic (exact) mass is 135 g/mol. The molecule has 0 atom stereocenters. The first-order valence-corrected chi connectivity index (χ1v) is 3.22. The van der Waals surface area contributed by atoms with Crippen molar-refractivity contribution >= 4 is 24.7 Å². The maximum atomic E-state index is 3.68. The van der Waals surface area contributed by atoms with E-state index in [4.69, 9.17) is 0 Å². The van der Waals surface area contributed by atoms with Gasteiger partial charge >= 0.3 is 35.2 Å². The van der Waals surface area contributed by atoms with Crippen molar-refractivity contribution in [2.45, 2.75) is 0 Å². The Bertz CT molecular complexity index is 65.7. The molecule has 0 bridgehead atoms. The standard InChI is InChI=1S/C2H3N2Se/c1-3-4-2-5-1/h1-3H. The Morgan fingerprint density at radius 2 is 2.80 bits per heavy atom. The molecule has 1 rings (SSSR count). The van der Waals surface area contributed by atoms with Gasteiger partial charge in [-0.25, -0.2) is 0 Å². The number of hydrogen-bond donors (Lipinski definition) is 1. The second-order valence-corrected chi connectivity index (χ2v) is 2.13. The summed E-state index contributed by atoms with van der Waals surface area (Å²) in [6, 6.07) is 0. The van der Waals surface area contributed by atoms with Crippen LogP contribution < -0.4 is 5.43 Å². The topological polar surface area (TPSA) is 24.4 Å². The molecule has 0 aromatic rings. The van der Waals surface area contributed by atoms with Crippen LogP contribution in [0.15, 0.2) is 5.10 Å². The first-order chi connectivity index (χ1) is 2.50. The van der Waals surface area contributed by atoms with Crippen molar-refractivity contribution in [2.24, 2.45) is 5.10 Å². The molecule has 3 heteroatoms. The van der Waals surface area contributed by atoms with Crippen molar-refractivity contribution in [2.75, 3.05) is 0 Å². The second-order valence-electron chi connectivity index (χ2n) is 0.618. The van der Waals surface area contributed by atoms with E-state index in [0.29, 0.717) is 14.5 Å². The van der Waals surface area contributed by atoms with E-state index in [0.717, 1.165) is 0 Å². The summed E-state index contributed by atoms with van der Waals surface area (Å²) in [5.74, 6) is 0. The molecule has 5 heavy (non-hydrogen) atoms. The van der Waals surface area contributed by atoms with Crippen LogP contribution in [0.25, 0.3) is 0 Å². The average Bonchev–Trinajstić information content (AvgIpc) is 1.76. The second kappa shape index (κ2) is 1.34. The third kappa shape index (κ3) is 0.565. The molecule has 0 fully saturated rings. The van der Waals surface area contributed by atoms with Gasteiger partial charge in [-0.15, -0.1) is 0 Å². The van der Waals surface area contributed by atoms with Crippen molar-refractivity contribution in [3.63, 3.8) is 0 Å². The number of rotatable bonds is 0. The molecule has 0 spiro atoms. The van der Waals surface area contributed by atoms with E-state index in [1.165, 1.54) is 0 Å². The van der Waals surface area contributed by atoms with Crippen LogP contribution in [-0.4, -0.2) is 24.7 Å². The van der Waals surface area contributed by atoms with Gasteiger partial charge in [-0.3, -0.25) is 0 Å². The maximum absolute atomic E-state index is 3.68. The summed E-state index contributed by atoms with van der Waals surface area (Å²) in [6.45, 7) is 0. The Balaban J connectivity index is 2.61. The molecular weight excluding hydrogens is 131 g/mol. The van der Waals surface area contributed by atoms with Gasteiger partial charge in [-0.05, 0) is 0 Å². The molecule has 0 unspecified atom stereocenters. The van der Waals surface area contributed by atoms with Crippen molar-refractivity contribution < 1.29 is 0 Å². The molecule has 0 aromatic heterocycles. The summed E-state index contributed by atoms with van der Waals surface area (Å²) in [4.78, 5) is 0. The van der Waals surface area contributed by atoms with Crippen LogP contribution in [0.1, 0.15) is 0 Å². The van der Waals surface area contributed by atoms with Crippen molar-refractivity contribution in [3.8, 4) is 0 Å². The Morgan fingerprint density at radius 3 is 3.00 bits per heavy atom. The molecule has 2 nitrogen and oxygen atoms in total. The summed E-state index contributed by atoms with van der Waals surface area (Å²) >= 11 is 0.542. The summed E-state index contributed by atoms with van der Waals surface area (Å²) in [6.07, 6.45) is 0. The van der Waals surface area contributed by atoms with E-state index >= 15 is 0 Å². The fourth-order valence-corrected chi connectivity index (χ4v) is 0.791. The summed E-state index contributed by atoms with van der Waals surface area (Å²) in [5.41, 5.74) is 2.69. The van der Waals surface area contributed by atoms with Gasteiger partial charge in [-0.2, -0.15) is 0 Å². The van der Waals surface area contributed by atoms with Crippen LogP contribution in [-0.2, 0) is 0 Å². The average molecular weight is 134 g/mol. The quantitative estimate of drug-likeness (QED) is 0.422. The molecule has 0 amide bonds. The fourth-order valence-electron chi connectivity index (χ4n) is 0.152. The third-order valence-corrected chi connectivity index (χ3v) is 1.29. The molecule has 0 saturated heterocycles. The van der Waals surface area contributed by atoms with Crippen LogP contribution in [0.5, 0.6) is 0 Å². The molecule has 1 aliphatic rings. The molecule has 0 saturated carbocycles. The molecule has 1 heterocycles. The van der Waals surface area contributed by atoms with Gasteiger partial charge in [0.15, 0.2) is 0 Å². The summed E-state index contributed by atoms with van der Waals surface area (Å²) < 4.78 is 0. The van der Waals surface area contributed by atoms with E-state index in [1.807, 2.05) is 10.2 Å². The molecule has 1 radical (unpaired) electrons. The molecule has 27 valence electrons. The Morgan fingerprint density at radius 1 is 1.80 bits per heavy atom. The first-order valence-electron chi connectivity index (χ1n) is 1.24. The normalized spacial score (nSPS) is 16.0. The van der Waals surface area contributed by atoms with Crippen molar-refractivity contribution in [1.82, 2.24) is 5.43 Å². The Hall–Kier alpha value is -0.141. The van der Waals surface area contributed by atoms with Gasteiger partial charge in [0.1, 0.15) is 0 Å². The van der Waals surface area contributed by atoms with Gasteiger partial charge < -0.3 is 0 Å². The van der Waals surface area contributed by atoms with E-state index in [-0.39, 0.29) is 0 Å². The first kappa shape index (κ1) is 3.07. The van der Waals surface area contributed by atoms with Crippen LogP contribution in [0.2, 0.25) is 0 Å². The predicted molar refractivity (Wildman–Crippen MR) is 23.4 cm³/mol. The van der Waals surface area contributed by atoms with Crippen LogP contribution in [0, 0.1) is 0 Å². The van der Waals surface area contributed by atoms with Crippen LogP contribution in [0.4, 0.5) is 0 Å². The molecule has 1 aliphatic heterocycles. The zero-order valence-corrected chi connectivity index (χ0v) is 4.22. The van der Waals surface area contributed by atoms with Gasteiger partial charge in [0.25, 0.3) is 0 Å². The predicted octanol–water partition coefficient (Wildman–Crippen LogP) is -1.00. The number of nitrogens with one attached hydrogen (secondary N) is 1. The fraction of sp³-hybridized carbons (Fsp3) is 0. The van der Waals surface area contributed by atoms with E-state index in [9.17, 15) is 0 Å². The third-order valence-electron chi connectivity index (χ3n) is 0.309. The van der Waals surface area contributed by atoms with Gasteiger partial charge in [0.2, 0.25) is 0 Å². The van der Waals surface area contributed by atoms with Gasteiger partial charge in [-0.1, -0.05) is 0 Å². The zero-order chi connectivity index (χ0) is 3.54. The minimum absolute atomic E-state index is 0.542. The van der Waals surface area contributed by atoms with Crippen LogP contribution >= 0.6 is 0 Å². The number of hydrogen-bond acceptors (Lipinski definition) is 2. The van der Waals surface area contributed by atoms with Crippen LogP contribution in [0.3, 0.4) is 0 Å².